The third-order valence-corrected chi connectivity index (χ3v) is 2.68. The Labute approximate surface area is 91.3 Å². The normalized spacial score (nSPS) is 18.9. The third-order valence-electron chi connectivity index (χ3n) is 2.68. The number of hydrogen-bond acceptors (Lipinski definition) is 3. The van der Waals surface area contributed by atoms with Gasteiger partial charge in [-0.3, -0.25) is 4.98 Å². The maximum absolute atomic E-state index is 4.58. The molecular weight excluding hydrogens is 186 g/mol. The summed E-state index contributed by atoms with van der Waals surface area (Å²) in [5, 5.41) is 6.86. The quantitative estimate of drug-likeness (QED) is 0.673. The Hall–Kier alpha value is -0.930. The summed E-state index contributed by atoms with van der Waals surface area (Å²) in [6, 6.07) is 6.26. The maximum Gasteiger partial charge on any atom is 0.0545 e. The lowest BCUT2D eigenvalue weighted by Crippen LogP contribution is -2.20. The predicted octanol–water partition coefficient (Wildman–Crippen LogP) is 1.44. The Balaban J connectivity index is 2.00. The smallest absolute Gasteiger partial charge is 0.0545 e. The molecule has 0 aromatic carbocycles. The summed E-state index contributed by atoms with van der Waals surface area (Å²) in [6.07, 6.45) is 3.84. The molecule has 0 atom stereocenters. The summed E-state index contributed by atoms with van der Waals surface area (Å²) in [5.41, 5.74) is 2.30. The van der Waals surface area contributed by atoms with Crippen LogP contribution in [-0.4, -0.2) is 18.1 Å². The minimum Gasteiger partial charge on any atom is -0.311 e. The van der Waals surface area contributed by atoms with Crippen molar-refractivity contribution in [2.24, 2.45) is 0 Å². The van der Waals surface area contributed by atoms with Crippen molar-refractivity contribution >= 4 is 0 Å². The lowest BCUT2D eigenvalue weighted by molar-refractivity contribution is 0.556. The summed E-state index contributed by atoms with van der Waals surface area (Å²) >= 11 is 0. The fourth-order valence-corrected chi connectivity index (χ4v) is 1.84. The molecule has 82 valence electrons. The Morgan fingerprint density at radius 2 is 1.47 bits per heavy atom. The molecule has 0 saturated carbocycles. The highest BCUT2D eigenvalue weighted by Gasteiger charge is 1.99. The average Bonchev–Trinajstić information content (AvgIpc) is 2.26. The number of rotatable bonds is 0. The van der Waals surface area contributed by atoms with Crippen molar-refractivity contribution in [3.63, 3.8) is 0 Å². The lowest BCUT2D eigenvalue weighted by Gasteiger charge is -2.09. The highest BCUT2D eigenvalue weighted by atomic mass is 14.9. The van der Waals surface area contributed by atoms with Crippen molar-refractivity contribution < 1.29 is 0 Å². The highest BCUT2D eigenvalue weighted by molar-refractivity contribution is 5.11. The van der Waals surface area contributed by atoms with E-state index in [-0.39, 0.29) is 0 Å². The third kappa shape index (κ3) is 3.61. The van der Waals surface area contributed by atoms with E-state index >= 15 is 0 Å². The van der Waals surface area contributed by atoms with Crippen LogP contribution < -0.4 is 10.6 Å². The van der Waals surface area contributed by atoms with Crippen LogP contribution in [0.1, 0.15) is 30.7 Å². The molecule has 0 amide bonds. The van der Waals surface area contributed by atoms with Gasteiger partial charge < -0.3 is 10.6 Å². The standard InChI is InChI=1S/C12H19N3/c1-2-7-13-9-11-5-4-6-12(15-11)10-14-8-3-1/h4-6,13-14H,1-3,7-10H2. The largest absolute Gasteiger partial charge is 0.311 e. The number of pyridine rings is 1. The lowest BCUT2D eigenvalue weighted by atomic mass is 10.2. The molecule has 1 aliphatic rings. The Morgan fingerprint density at radius 3 is 2.07 bits per heavy atom. The minimum atomic E-state index is 0.897. The molecule has 3 nitrogen and oxygen atoms in total. The molecule has 1 aromatic rings. The van der Waals surface area contributed by atoms with Crippen molar-refractivity contribution in [3.05, 3.63) is 29.6 Å². The van der Waals surface area contributed by atoms with Gasteiger partial charge in [0.25, 0.3) is 0 Å². The summed E-state index contributed by atoms with van der Waals surface area (Å²) in [6.45, 7) is 4.00. The van der Waals surface area contributed by atoms with Gasteiger partial charge in [-0.2, -0.15) is 0 Å². The van der Waals surface area contributed by atoms with Gasteiger partial charge in [-0.15, -0.1) is 0 Å². The molecule has 0 aliphatic carbocycles. The zero-order valence-corrected chi connectivity index (χ0v) is 9.13. The first-order chi connectivity index (χ1) is 7.45. The van der Waals surface area contributed by atoms with Crippen molar-refractivity contribution in [1.29, 1.82) is 0 Å². The molecule has 0 spiro atoms. The van der Waals surface area contributed by atoms with Crippen LogP contribution in [0, 0.1) is 0 Å². The van der Waals surface area contributed by atoms with Gasteiger partial charge in [-0.05, 0) is 38.1 Å². The molecule has 0 saturated heterocycles. The molecule has 1 aliphatic heterocycles. The summed E-state index contributed by atoms with van der Waals surface area (Å²) in [4.78, 5) is 4.58. The van der Waals surface area contributed by atoms with Crippen LogP contribution in [0.15, 0.2) is 18.2 Å². The van der Waals surface area contributed by atoms with Gasteiger partial charge in [-0.1, -0.05) is 12.5 Å². The van der Waals surface area contributed by atoms with Crippen LogP contribution in [0.5, 0.6) is 0 Å². The Kier molecular flexibility index (Phi) is 4.11. The van der Waals surface area contributed by atoms with Crippen LogP contribution in [0.4, 0.5) is 0 Å². The van der Waals surface area contributed by atoms with Crippen LogP contribution in [0.2, 0.25) is 0 Å². The van der Waals surface area contributed by atoms with E-state index in [1.807, 2.05) is 0 Å². The van der Waals surface area contributed by atoms with E-state index < -0.39 is 0 Å². The topological polar surface area (TPSA) is 37.0 Å². The van der Waals surface area contributed by atoms with Gasteiger partial charge in [0.1, 0.15) is 0 Å². The fourth-order valence-electron chi connectivity index (χ4n) is 1.84. The minimum absolute atomic E-state index is 0.897. The monoisotopic (exact) mass is 205 g/mol. The van der Waals surface area contributed by atoms with Crippen LogP contribution in [-0.2, 0) is 13.1 Å². The second kappa shape index (κ2) is 5.83. The van der Waals surface area contributed by atoms with E-state index in [0.717, 1.165) is 37.6 Å². The van der Waals surface area contributed by atoms with Crippen molar-refractivity contribution in [2.75, 3.05) is 13.1 Å². The Bertz CT molecular complexity index is 273. The highest BCUT2D eigenvalue weighted by Crippen LogP contribution is 2.01. The molecule has 0 unspecified atom stereocenters. The van der Waals surface area contributed by atoms with Gasteiger partial charge in [0.05, 0.1) is 11.4 Å². The van der Waals surface area contributed by atoms with E-state index in [0.29, 0.717) is 0 Å². The zero-order chi connectivity index (χ0) is 10.3. The molecular formula is C12H19N3. The summed E-state index contributed by atoms with van der Waals surface area (Å²) in [7, 11) is 0. The van der Waals surface area contributed by atoms with E-state index in [1.165, 1.54) is 19.3 Å². The van der Waals surface area contributed by atoms with Gasteiger partial charge in [0.15, 0.2) is 0 Å². The average molecular weight is 205 g/mol. The first-order valence-corrected chi connectivity index (χ1v) is 5.81. The molecule has 0 radical (unpaired) electrons. The first-order valence-electron chi connectivity index (χ1n) is 5.81. The number of nitrogens with one attached hydrogen (secondary N) is 2. The summed E-state index contributed by atoms with van der Waals surface area (Å²) in [5.74, 6) is 0. The van der Waals surface area contributed by atoms with Gasteiger partial charge in [0.2, 0.25) is 0 Å². The predicted molar refractivity (Wildman–Crippen MR) is 61.5 cm³/mol. The molecule has 2 N–H and O–H groups in total. The second-order valence-corrected chi connectivity index (χ2v) is 4.03. The van der Waals surface area contributed by atoms with E-state index in [9.17, 15) is 0 Å². The molecule has 1 aromatic heterocycles. The van der Waals surface area contributed by atoms with Crippen LogP contribution >= 0.6 is 0 Å². The molecule has 0 fully saturated rings. The van der Waals surface area contributed by atoms with Gasteiger partial charge >= 0.3 is 0 Å². The fraction of sp³-hybridized carbons (Fsp3) is 0.583. The zero-order valence-electron chi connectivity index (χ0n) is 9.13. The first kappa shape index (κ1) is 10.6. The van der Waals surface area contributed by atoms with Crippen molar-refractivity contribution in [2.45, 2.75) is 32.4 Å². The second-order valence-electron chi connectivity index (χ2n) is 4.03. The number of fused-ring (bicyclic) bond motifs is 2. The van der Waals surface area contributed by atoms with Crippen molar-refractivity contribution in [1.82, 2.24) is 15.6 Å². The van der Waals surface area contributed by atoms with Gasteiger partial charge in [-0.25, -0.2) is 0 Å². The molecule has 3 heteroatoms. The summed E-state index contributed by atoms with van der Waals surface area (Å²) < 4.78 is 0. The van der Waals surface area contributed by atoms with Gasteiger partial charge in [0, 0.05) is 13.1 Å². The SMILES string of the molecule is c1cc2nc(c1)CNCCCCCNC2. The molecule has 2 heterocycles. The molecule has 2 rings (SSSR count). The van der Waals surface area contributed by atoms with E-state index in [2.05, 4.69) is 33.8 Å². The van der Waals surface area contributed by atoms with E-state index in [4.69, 9.17) is 0 Å². The van der Waals surface area contributed by atoms with Crippen LogP contribution in [0.25, 0.3) is 0 Å². The van der Waals surface area contributed by atoms with Crippen molar-refractivity contribution in [3.8, 4) is 0 Å². The number of aromatic nitrogens is 1. The van der Waals surface area contributed by atoms with Crippen LogP contribution in [0.3, 0.4) is 0 Å². The number of nitrogens with zero attached hydrogens (tertiary/aromatic N) is 1. The van der Waals surface area contributed by atoms with E-state index in [1.54, 1.807) is 0 Å². The molecule has 15 heavy (non-hydrogen) atoms. The number of hydrogen-bond donors (Lipinski definition) is 2. The Morgan fingerprint density at radius 1 is 0.867 bits per heavy atom. The molecule has 2 bridgehead atoms. The maximum atomic E-state index is 4.58.